The van der Waals surface area contributed by atoms with Gasteiger partial charge in [-0.1, -0.05) is 48.2 Å². The molecule has 2 N–H and O–H groups in total. The molecule has 50 heavy (non-hydrogen) atoms. The smallest absolute Gasteiger partial charge is 0.361 e. The van der Waals surface area contributed by atoms with E-state index in [2.05, 4.69) is 82.3 Å². The van der Waals surface area contributed by atoms with Gasteiger partial charge in [-0.2, -0.15) is 0 Å². The number of thioether (sulfide) groups is 2. The third-order valence-corrected chi connectivity index (χ3v) is 10.6. The summed E-state index contributed by atoms with van der Waals surface area (Å²) in [5.74, 6) is 1.95. The summed E-state index contributed by atoms with van der Waals surface area (Å²) in [5, 5.41) is 9.00. The van der Waals surface area contributed by atoms with Gasteiger partial charge in [0.1, 0.15) is 31.6 Å². The van der Waals surface area contributed by atoms with Crippen LogP contribution in [0, 0.1) is 27.7 Å². The van der Waals surface area contributed by atoms with Crippen molar-refractivity contribution < 1.29 is 35.1 Å². The van der Waals surface area contributed by atoms with E-state index in [1.807, 2.05) is 13.8 Å². The topological polar surface area (TPSA) is 172 Å². The summed E-state index contributed by atoms with van der Waals surface area (Å²) in [6, 6.07) is 15.8. The molecule has 0 fully saturated rings. The molecule has 0 aliphatic heterocycles. The molecule has 0 atom stereocenters. The minimum atomic E-state index is -4.27. The Hall–Kier alpha value is -3.28. The first-order valence-corrected chi connectivity index (χ1v) is 21.1. The lowest BCUT2D eigenvalue weighted by Gasteiger charge is -2.06. The van der Waals surface area contributed by atoms with Gasteiger partial charge in [0.05, 0.1) is 23.9 Å². The van der Waals surface area contributed by atoms with Crippen molar-refractivity contribution in [2.45, 2.75) is 73.5 Å². The zero-order chi connectivity index (χ0) is 37.5. The van der Waals surface area contributed by atoms with E-state index in [1.165, 1.54) is 48.5 Å². The second kappa shape index (κ2) is 20.5. The Balaban J connectivity index is 0.000000320. The van der Waals surface area contributed by atoms with Crippen LogP contribution in [-0.4, -0.2) is 61.5 Å². The molecule has 0 spiro atoms. The zero-order valence-electron chi connectivity index (χ0n) is 29.9. The van der Waals surface area contributed by atoms with Crippen molar-refractivity contribution in [3.8, 4) is 0 Å². The molecule has 274 valence electrons. The lowest BCUT2D eigenvalue weighted by atomic mass is 10.2. The minimum Gasteiger partial charge on any atom is -0.744 e. The van der Waals surface area contributed by atoms with Crippen molar-refractivity contribution in [3.63, 3.8) is 0 Å². The number of hydrogen-bond acceptors (Lipinski definition) is 12. The van der Waals surface area contributed by atoms with Crippen LogP contribution in [0.15, 0.2) is 80.8 Å². The SMILES string of the molecule is CSc1nc(NCCCCCCNc2cc(C)[n+](C)c(SC)n2)cc(C)[n+]1C.Cc1ccc(S(=O)(=O)[O-])cc1.Cc1ccc(S(=O)(=O)[O-])cc1. The Morgan fingerprint density at radius 3 is 1.20 bits per heavy atom. The molecule has 0 aliphatic carbocycles. The van der Waals surface area contributed by atoms with Crippen LogP contribution in [0.2, 0.25) is 0 Å². The molecule has 4 aromatic rings. The number of aromatic nitrogens is 4. The van der Waals surface area contributed by atoms with Crippen molar-refractivity contribution in [2.75, 3.05) is 36.2 Å². The predicted molar refractivity (Wildman–Crippen MR) is 198 cm³/mol. The fourth-order valence-corrected chi connectivity index (χ4v) is 6.46. The lowest BCUT2D eigenvalue weighted by Crippen LogP contribution is -2.36. The maximum atomic E-state index is 10.4. The second-order valence-corrected chi connectivity index (χ2v) is 15.8. The Labute approximate surface area is 306 Å². The summed E-state index contributed by atoms with van der Waals surface area (Å²) in [7, 11) is -4.43. The number of nitrogens with one attached hydrogen (secondary N) is 2. The zero-order valence-corrected chi connectivity index (χ0v) is 33.2. The van der Waals surface area contributed by atoms with Gasteiger partial charge in [0.2, 0.25) is 11.6 Å². The summed E-state index contributed by atoms with van der Waals surface area (Å²) >= 11 is 3.35. The first-order chi connectivity index (χ1) is 23.5. The molecular weight excluding hydrogens is 717 g/mol. The summed E-state index contributed by atoms with van der Waals surface area (Å²) in [5.41, 5.74) is 4.29. The van der Waals surface area contributed by atoms with E-state index in [1.54, 1.807) is 47.8 Å². The van der Waals surface area contributed by atoms with Crippen molar-refractivity contribution in [1.29, 1.82) is 0 Å². The highest BCUT2D eigenvalue weighted by Gasteiger charge is 2.15. The van der Waals surface area contributed by atoms with Crippen LogP contribution < -0.4 is 19.8 Å². The quantitative estimate of drug-likeness (QED) is 0.0610. The van der Waals surface area contributed by atoms with E-state index in [0.29, 0.717) is 0 Å². The molecule has 12 nitrogen and oxygen atoms in total. The molecule has 2 aromatic carbocycles. The molecule has 0 radical (unpaired) electrons. The number of anilines is 2. The number of aryl methyl sites for hydroxylation is 4. The maximum absolute atomic E-state index is 10.4. The summed E-state index contributed by atoms with van der Waals surface area (Å²) in [4.78, 5) is 8.95. The summed E-state index contributed by atoms with van der Waals surface area (Å²) in [6.07, 6.45) is 8.88. The molecule has 2 heterocycles. The fraction of sp³-hybridized carbons (Fsp3) is 0.412. The van der Waals surface area contributed by atoms with Gasteiger partial charge in [0.15, 0.2) is 0 Å². The van der Waals surface area contributed by atoms with Crippen molar-refractivity contribution >= 4 is 55.4 Å². The summed E-state index contributed by atoms with van der Waals surface area (Å²) in [6.45, 7) is 9.81. The highest BCUT2D eigenvalue weighted by molar-refractivity contribution is 7.98. The van der Waals surface area contributed by atoms with Gasteiger partial charge in [-0.15, -0.1) is 0 Å². The predicted octanol–water partition coefficient (Wildman–Crippen LogP) is 5.07. The first kappa shape index (κ1) is 42.9. The molecule has 2 aromatic heterocycles. The number of benzene rings is 2. The highest BCUT2D eigenvalue weighted by atomic mass is 32.2. The van der Waals surface area contributed by atoms with Crippen molar-refractivity contribution in [2.24, 2.45) is 14.1 Å². The fourth-order valence-electron chi connectivity index (χ4n) is 4.30. The summed E-state index contributed by atoms with van der Waals surface area (Å²) < 4.78 is 66.6. The van der Waals surface area contributed by atoms with Gasteiger partial charge in [-0.3, -0.25) is 0 Å². The number of nitrogens with zero attached hydrogens (tertiary/aromatic N) is 4. The van der Waals surface area contributed by atoms with Crippen LogP contribution >= 0.6 is 23.5 Å². The van der Waals surface area contributed by atoms with Crippen LogP contribution in [0.1, 0.15) is 48.2 Å². The molecule has 0 unspecified atom stereocenters. The molecule has 0 aliphatic rings. The molecule has 16 heteroatoms. The Morgan fingerprint density at radius 2 is 0.920 bits per heavy atom. The van der Waals surface area contributed by atoms with E-state index >= 15 is 0 Å². The third-order valence-electron chi connectivity index (χ3n) is 7.46. The highest BCUT2D eigenvalue weighted by Crippen LogP contribution is 2.14. The Morgan fingerprint density at radius 1 is 0.600 bits per heavy atom. The van der Waals surface area contributed by atoms with Gasteiger partial charge >= 0.3 is 10.3 Å². The van der Waals surface area contributed by atoms with Crippen LogP contribution in [0.25, 0.3) is 0 Å². The van der Waals surface area contributed by atoms with Gasteiger partial charge in [-0.05, 0) is 111 Å². The average molecular weight is 765 g/mol. The van der Waals surface area contributed by atoms with Crippen LogP contribution in [-0.2, 0) is 34.3 Å². The first-order valence-electron chi connectivity index (χ1n) is 15.8. The molecule has 0 amide bonds. The molecule has 0 saturated carbocycles. The average Bonchev–Trinajstić information content (AvgIpc) is 3.05. The van der Waals surface area contributed by atoms with E-state index in [9.17, 15) is 25.9 Å². The normalized spacial score (nSPS) is 11.2. The monoisotopic (exact) mass is 764 g/mol. The van der Waals surface area contributed by atoms with Crippen LogP contribution in [0.5, 0.6) is 0 Å². The Bertz CT molecular complexity index is 1750. The number of rotatable bonds is 13. The number of unbranched alkanes of at least 4 members (excludes halogenated alkanes) is 3. The van der Waals surface area contributed by atoms with Gasteiger partial charge in [-0.25, -0.2) is 26.0 Å². The molecule has 4 rings (SSSR count). The van der Waals surface area contributed by atoms with Gasteiger partial charge in [0, 0.05) is 25.2 Å². The molecular formula is C34H48N6O6S4. The Kier molecular flexibility index (Phi) is 17.6. The number of hydrogen-bond donors (Lipinski definition) is 2. The third kappa shape index (κ3) is 14.9. The standard InChI is InChI=1S/C20H32N6S2.2C7H8O3S/c1-15-13-17(23-19(27-5)25(15)3)21-11-9-7-8-10-12-22-18-14-16(2)26(4)20(24-18)28-6;2*1-6-2-4-7(5-3-6)11(8,9)10/h13-14H,7-12H2,1-6H3;2*2-5H,1H3,(H,8,9,10). The van der Waals surface area contributed by atoms with E-state index < -0.39 is 20.2 Å². The largest absolute Gasteiger partial charge is 0.744 e. The van der Waals surface area contributed by atoms with E-state index in [4.69, 9.17) is 0 Å². The van der Waals surface area contributed by atoms with Crippen LogP contribution in [0.4, 0.5) is 11.6 Å². The lowest BCUT2D eigenvalue weighted by molar-refractivity contribution is -0.718. The van der Waals surface area contributed by atoms with E-state index in [-0.39, 0.29) is 9.79 Å². The minimum absolute atomic E-state index is 0.178. The second-order valence-electron chi connectivity index (χ2n) is 11.5. The molecule has 0 bridgehead atoms. The van der Waals surface area contributed by atoms with Crippen LogP contribution in [0.3, 0.4) is 0 Å². The van der Waals surface area contributed by atoms with Gasteiger partial charge in [0.25, 0.3) is 0 Å². The molecule has 0 saturated heterocycles. The van der Waals surface area contributed by atoms with Crippen molar-refractivity contribution in [3.05, 3.63) is 83.2 Å². The maximum Gasteiger partial charge on any atom is 0.361 e. The van der Waals surface area contributed by atoms with Crippen molar-refractivity contribution in [1.82, 2.24) is 9.97 Å². The van der Waals surface area contributed by atoms with E-state index in [0.717, 1.165) is 59.0 Å². The van der Waals surface area contributed by atoms with Gasteiger partial charge < -0.3 is 19.7 Å².